The molecule has 26 nitrogen and oxygen atoms in total. The Hall–Kier alpha value is -4.52. The van der Waals surface area contributed by atoms with Crippen LogP contribution < -0.4 is 32.8 Å². The molecule has 20 atom stereocenters. The van der Waals surface area contributed by atoms with E-state index in [1.165, 1.54) is 21.5 Å². The van der Waals surface area contributed by atoms with Gasteiger partial charge in [-0.1, -0.05) is 20.8 Å². The summed E-state index contributed by atoms with van der Waals surface area (Å²) in [5, 5.41) is 39.7. The summed E-state index contributed by atoms with van der Waals surface area (Å²) in [5.41, 5.74) is -1.09. The Bertz CT molecular complexity index is 2520. The second kappa shape index (κ2) is 32.4. The van der Waals surface area contributed by atoms with Crippen LogP contribution in [0.4, 0.5) is 0 Å². The summed E-state index contributed by atoms with van der Waals surface area (Å²) in [6.07, 6.45) is -2.16. The zero-order chi connectivity index (χ0) is 60.6. The number of aliphatic hydroxyl groups excluding tert-OH is 4. The van der Waals surface area contributed by atoms with Crippen molar-refractivity contribution in [2.75, 3.05) is 35.5 Å². The van der Waals surface area contributed by atoms with Crippen LogP contribution in [-0.2, 0) is 47.4 Å². The van der Waals surface area contributed by atoms with Gasteiger partial charge in [0.15, 0.2) is 24.8 Å². The molecule has 0 amide bonds. The maximum atomic E-state index is 12.2. The fraction of sp³-hybridized carbons (Fsp3) is 0.778. The van der Waals surface area contributed by atoms with Gasteiger partial charge in [0.05, 0.1) is 67.1 Å². The van der Waals surface area contributed by atoms with Gasteiger partial charge >= 0.3 is 17.4 Å². The normalized spacial score (nSPS) is 28.5. The Labute approximate surface area is 467 Å². The number of aromatic nitrogens is 6. The molecule has 7 heterocycles. The van der Waals surface area contributed by atoms with Crippen LogP contribution >= 0.6 is 0 Å². The summed E-state index contributed by atoms with van der Waals surface area (Å²) in [4.78, 5) is 67.2. The number of ether oxygens (including phenoxy) is 11. The first-order chi connectivity index (χ1) is 37.6. The zero-order valence-corrected chi connectivity index (χ0v) is 50.0. The van der Waals surface area contributed by atoms with Gasteiger partial charge in [-0.05, 0) is 95.4 Å². The van der Waals surface area contributed by atoms with Gasteiger partial charge in [-0.25, -0.2) is 9.59 Å². The number of H-pyrrole nitrogens is 2. The fourth-order valence-electron chi connectivity index (χ4n) is 8.43. The third kappa shape index (κ3) is 17.7. The Kier molecular flexibility index (Phi) is 28.2. The highest BCUT2D eigenvalue weighted by Crippen LogP contribution is 2.40. The van der Waals surface area contributed by atoms with Crippen LogP contribution in [0.5, 0.6) is 6.01 Å². The molecular formula is C54H92N6O20. The lowest BCUT2D eigenvalue weighted by Gasteiger charge is -2.28. The minimum atomic E-state index is -0.884. The van der Waals surface area contributed by atoms with Crippen LogP contribution in [0.3, 0.4) is 0 Å². The minimum absolute atomic E-state index is 0.0417. The first kappa shape index (κ1) is 69.7. The first-order valence-electron chi connectivity index (χ1n) is 27.2. The van der Waals surface area contributed by atoms with E-state index in [0.717, 1.165) is 6.42 Å². The molecule has 3 saturated heterocycles. The predicted molar refractivity (Wildman–Crippen MR) is 293 cm³/mol. The van der Waals surface area contributed by atoms with E-state index in [-0.39, 0.29) is 72.7 Å². The largest absolute Gasteiger partial charge is 0.453 e. The molecule has 0 bridgehead atoms. The molecule has 3 fully saturated rings. The molecule has 3 unspecified atom stereocenters. The maximum absolute atomic E-state index is 12.2. The van der Waals surface area contributed by atoms with Crippen molar-refractivity contribution in [2.45, 2.75) is 239 Å². The monoisotopic (exact) mass is 1140 g/mol. The van der Waals surface area contributed by atoms with E-state index in [2.05, 4.69) is 15.0 Å². The summed E-state index contributed by atoms with van der Waals surface area (Å²) in [7, 11) is 8.10. The van der Waals surface area contributed by atoms with Crippen molar-refractivity contribution in [2.24, 2.45) is 0 Å². The van der Waals surface area contributed by atoms with E-state index in [1.54, 1.807) is 74.0 Å². The Balaban J connectivity index is 0.000000282. The SMILES string of the molecule is CC[C@H]1O[C@@H](n2cc(C)c(=O)[nH]c2=O)[C@@H](O[C@@H](C)[C@@H](C)OC)C1O.CC[C@H]1O[C@@H](n2cc(C)c(=O)[nH]c2=O)[C@@H](O[C@H](C)[C@H](C)OC)C1O.CC[C@H]1O[C@@H]2[C@H](Oc3nc(=O)c(C)cn32)C1O.CO[C@@H](C)[C@@H](C)O.CO[C@@H](C)[C@@H](C)OC. The first-order valence-corrected chi connectivity index (χ1v) is 27.2. The van der Waals surface area contributed by atoms with Crippen LogP contribution in [0.2, 0.25) is 0 Å². The average Bonchev–Trinajstić information content (AvgIpc) is 4.15. The van der Waals surface area contributed by atoms with Crippen LogP contribution in [0.15, 0.2) is 42.6 Å². The molecule has 0 saturated carbocycles. The highest BCUT2D eigenvalue weighted by Gasteiger charge is 2.51. The van der Waals surface area contributed by atoms with E-state index in [4.69, 9.17) is 57.2 Å². The van der Waals surface area contributed by atoms with Crippen LogP contribution in [-0.4, -0.2) is 188 Å². The van der Waals surface area contributed by atoms with Crippen molar-refractivity contribution >= 4 is 0 Å². The highest BCUT2D eigenvalue weighted by molar-refractivity contribution is 5.15. The van der Waals surface area contributed by atoms with Gasteiger partial charge in [0.1, 0.15) is 30.5 Å². The number of nitrogens with one attached hydrogen (secondary N) is 2. The molecule has 0 aliphatic carbocycles. The zero-order valence-electron chi connectivity index (χ0n) is 50.0. The van der Waals surface area contributed by atoms with Crippen molar-refractivity contribution in [3.8, 4) is 6.01 Å². The second-order valence-corrected chi connectivity index (χ2v) is 20.4. The summed E-state index contributed by atoms with van der Waals surface area (Å²) in [5.74, 6) is 0. The molecule has 7 rings (SSSR count). The molecule has 4 aliphatic heterocycles. The van der Waals surface area contributed by atoms with Gasteiger partial charge in [-0.2, -0.15) is 4.98 Å². The quantitative estimate of drug-likeness (QED) is 0.106. The van der Waals surface area contributed by atoms with Crippen molar-refractivity contribution < 1.29 is 72.5 Å². The standard InChI is InChI=1S/2C16H26N2O6.C11H14N2O4.C6H14O2.C5H12O2/c2*1-6-11-12(19)13(23-10(4)9(3)22-5)15(24-11)18-7-8(2)14(20)17-16(18)21;1-3-6-7(14)8-10(16-6)13-4-5(2)9(15)12-11(13)17-8;1-5(7-3)6(2)8-4;1-4(6)5(2)7-3/h2*7,9-13,15,19H,6H2,1-5H3,(H,17,20,21);4,6-8,10,14H,3H2,1-2H3;5-6H,1-4H3;4-6H,1-3H3/t9-,10+,11+,12?,13-,15+;9-,10+,11-,12?,13+,15-;6-,7?,8-,10-;5-,6+;4-,5+/m011.1/s1. The Morgan fingerprint density at radius 3 is 1.19 bits per heavy atom. The number of hydrogen-bond acceptors (Lipinski definition) is 21. The summed E-state index contributed by atoms with van der Waals surface area (Å²) in [6.45, 7) is 25.5. The molecule has 0 radical (unpaired) electrons. The van der Waals surface area contributed by atoms with Gasteiger partial charge in [0, 0.05) is 70.8 Å². The van der Waals surface area contributed by atoms with E-state index < -0.39 is 83.8 Å². The Morgan fingerprint density at radius 2 is 0.850 bits per heavy atom. The van der Waals surface area contributed by atoms with Crippen molar-refractivity contribution in [3.05, 3.63) is 87.3 Å². The topological polar surface area (TPSA) is 327 Å². The van der Waals surface area contributed by atoms with Gasteiger partial charge in [0.2, 0.25) is 0 Å². The predicted octanol–water partition coefficient (Wildman–Crippen LogP) is 2.08. The number of aliphatic hydroxyl groups is 4. The molecule has 458 valence electrons. The second-order valence-electron chi connectivity index (χ2n) is 20.4. The maximum Gasteiger partial charge on any atom is 0.330 e. The number of aromatic amines is 2. The Morgan fingerprint density at radius 1 is 0.512 bits per heavy atom. The molecule has 4 aliphatic rings. The van der Waals surface area contributed by atoms with Crippen LogP contribution in [0, 0.1) is 20.8 Å². The van der Waals surface area contributed by atoms with Gasteiger partial charge in [0.25, 0.3) is 16.7 Å². The number of rotatable bonds is 18. The summed E-state index contributed by atoms with van der Waals surface area (Å²) < 4.78 is 64.2. The highest BCUT2D eigenvalue weighted by atomic mass is 16.6. The fourth-order valence-corrected chi connectivity index (χ4v) is 8.43. The molecule has 6 N–H and O–H groups in total. The van der Waals surface area contributed by atoms with Crippen molar-refractivity contribution in [1.29, 1.82) is 0 Å². The molecule has 26 heteroatoms. The number of hydrogen-bond donors (Lipinski definition) is 6. The van der Waals surface area contributed by atoms with Crippen molar-refractivity contribution in [3.63, 3.8) is 0 Å². The lowest BCUT2D eigenvalue weighted by atomic mass is 10.1. The van der Waals surface area contributed by atoms with Crippen LogP contribution in [0.1, 0.15) is 131 Å². The summed E-state index contributed by atoms with van der Waals surface area (Å²) in [6, 6.07) is 0.226. The minimum Gasteiger partial charge on any atom is -0.453 e. The van der Waals surface area contributed by atoms with Crippen molar-refractivity contribution in [1.82, 2.24) is 28.7 Å². The molecule has 3 aromatic rings. The smallest absolute Gasteiger partial charge is 0.330 e. The molecule has 3 aromatic heterocycles. The van der Waals surface area contributed by atoms with E-state index in [1.807, 2.05) is 69.2 Å². The van der Waals surface area contributed by atoms with E-state index in [9.17, 15) is 39.3 Å². The number of aryl methyl sites for hydroxylation is 3. The number of methoxy groups -OCH3 is 5. The number of nitrogens with zero attached hydrogens (tertiary/aromatic N) is 4. The van der Waals surface area contributed by atoms with Crippen LogP contribution in [0.25, 0.3) is 0 Å². The van der Waals surface area contributed by atoms with Gasteiger partial charge in [-0.15, -0.1) is 0 Å². The third-order valence-corrected chi connectivity index (χ3v) is 14.9. The van der Waals surface area contributed by atoms with E-state index >= 15 is 0 Å². The molecule has 0 aromatic carbocycles. The summed E-state index contributed by atoms with van der Waals surface area (Å²) >= 11 is 0. The molecule has 0 spiro atoms. The average molecular weight is 1150 g/mol. The number of fused-ring (bicyclic) bond motifs is 3. The third-order valence-electron chi connectivity index (χ3n) is 14.9. The van der Waals surface area contributed by atoms with E-state index in [0.29, 0.717) is 29.5 Å². The van der Waals surface area contributed by atoms with Gasteiger partial charge in [-0.3, -0.25) is 38.1 Å². The lowest BCUT2D eigenvalue weighted by Crippen LogP contribution is -2.42. The molecular weight excluding hydrogens is 1050 g/mol. The molecule has 80 heavy (non-hydrogen) atoms. The lowest BCUT2D eigenvalue weighted by molar-refractivity contribution is -0.129. The van der Waals surface area contributed by atoms with Gasteiger partial charge < -0.3 is 72.5 Å².